The van der Waals surface area contributed by atoms with Crippen LogP contribution in [0, 0.1) is 11.8 Å². The van der Waals surface area contributed by atoms with Gasteiger partial charge in [0.15, 0.2) is 11.5 Å². The number of aryl methyl sites for hydroxylation is 1. The van der Waals surface area contributed by atoms with Gasteiger partial charge in [-0.05, 0) is 62.9 Å². The fraction of sp³-hybridized carbons (Fsp3) is 0.480. The fourth-order valence-electron chi connectivity index (χ4n) is 4.93. The molecule has 1 fully saturated rings. The van der Waals surface area contributed by atoms with E-state index in [0.29, 0.717) is 30.8 Å². The third-order valence-electron chi connectivity index (χ3n) is 6.65. The van der Waals surface area contributed by atoms with Gasteiger partial charge in [0.2, 0.25) is 0 Å². The Labute approximate surface area is 196 Å². The highest BCUT2D eigenvalue weighted by Gasteiger charge is 2.52. The van der Waals surface area contributed by atoms with Crippen LogP contribution < -0.4 is 14.2 Å². The van der Waals surface area contributed by atoms with Gasteiger partial charge in [0.25, 0.3) is 0 Å². The van der Waals surface area contributed by atoms with Gasteiger partial charge in [0.05, 0.1) is 32.3 Å². The van der Waals surface area contributed by atoms with Crippen molar-refractivity contribution in [3.05, 3.63) is 52.0 Å². The summed E-state index contributed by atoms with van der Waals surface area (Å²) in [6.45, 7) is 3.99. The molecule has 0 saturated carbocycles. The van der Waals surface area contributed by atoms with Gasteiger partial charge in [-0.1, -0.05) is 28.1 Å². The van der Waals surface area contributed by atoms with Crippen LogP contribution in [0.1, 0.15) is 43.9 Å². The van der Waals surface area contributed by atoms with Crippen molar-refractivity contribution in [2.75, 3.05) is 14.2 Å². The van der Waals surface area contributed by atoms with E-state index in [1.807, 2.05) is 50.2 Å². The Morgan fingerprint density at radius 2 is 2.00 bits per heavy atom. The van der Waals surface area contributed by atoms with Crippen molar-refractivity contribution < 1.29 is 28.8 Å². The Balaban J connectivity index is 1.65. The van der Waals surface area contributed by atoms with Crippen LogP contribution in [0.3, 0.4) is 0 Å². The SMILES string of the molecule is COc1cccc(CC[C@@H]2O[C@@H]3c4cc(Br)cc(OC)c4OC(C)(C)[C@H]3C[C@@H]2C(=O)O)c1. The van der Waals surface area contributed by atoms with Gasteiger partial charge in [-0.2, -0.15) is 0 Å². The third kappa shape index (κ3) is 4.33. The Morgan fingerprint density at radius 3 is 2.69 bits per heavy atom. The number of methoxy groups -OCH3 is 2. The number of rotatable bonds is 6. The molecule has 7 heteroatoms. The molecule has 2 aromatic rings. The molecule has 4 atom stereocenters. The molecule has 1 N–H and O–H groups in total. The molecule has 0 spiro atoms. The van der Waals surface area contributed by atoms with Crippen LogP contribution in [-0.2, 0) is 16.0 Å². The molecule has 32 heavy (non-hydrogen) atoms. The summed E-state index contributed by atoms with van der Waals surface area (Å²) in [6, 6.07) is 11.7. The molecule has 2 heterocycles. The number of halogens is 1. The van der Waals surface area contributed by atoms with Crippen LogP contribution in [0.15, 0.2) is 40.9 Å². The normalized spacial score (nSPS) is 25.8. The number of fused-ring (bicyclic) bond motifs is 3. The number of carboxylic acid groups (broad SMARTS) is 1. The second-order valence-corrected chi connectivity index (χ2v) is 9.92. The number of carboxylic acids is 1. The molecule has 0 aliphatic carbocycles. The lowest BCUT2D eigenvalue weighted by Gasteiger charge is -2.50. The number of carbonyl (C=O) groups is 1. The van der Waals surface area contributed by atoms with Crippen molar-refractivity contribution in [3.63, 3.8) is 0 Å². The number of hydrogen-bond donors (Lipinski definition) is 1. The van der Waals surface area contributed by atoms with E-state index in [1.54, 1.807) is 14.2 Å². The maximum atomic E-state index is 12.2. The molecule has 172 valence electrons. The molecule has 0 unspecified atom stereocenters. The van der Waals surface area contributed by atoms with E-state index in [1.165, 1.54) is 0 Å². The first kappa shape index (κ1) is 22.9. The fourth-order valence-corrected chi connectivity index (χ4v) is 5.39. The predicted molar refractivity (Wildman–Crippen MR) is 124 cm³/mol. The summed E-state index contributed by atoms with van der Waals surface area (Å²) >= 11 is 3.56. The van der Waals surface area contributed by atoms with Crippen LogP contribution in [0.2, 0.25) is 0 Å². The minimum atomic E-state index is -0.826. The van der Waals surface area contributed by atoms with Crippen LogP contribution >= 0.6 is 15.9 Å². The van der Waals surface area contributed by atoms with E-state index in [4.69, 9.17) is 18.9 Å². The van der Waals surface area contributed by atoms with Crippen LogP contribution in [-0.4, -0.2) is 37.0 Å². The third-order valence-corrected chi connectivity index (χ3v) is 7.10. The topological polar surface area (TPSA) is 74.2 Å². The van der Waals surface area contributed by atoms with E-state index < -0.39 is 23.6 Å². The highest BCUT2D eigenvalue weighted by atomic mass is 79.9. The summed E-state index contributed by atoms with van der Waals surface area (Å²) in [5.74, 6) is 0.579. The maximum absolute atomic E-state index is 12.2. The van der Waals surface area contributed by atoms with Crippen molar-refractivity contribution in [2.24, 2.45) is 11.8 Å². The number of hydrogen-bond acceptors (Lipinski definition) is 5. The summed E-state index contributed by atoms with van der Waals surface area (Å²) < 4.78 is 24.7. The van der Waals surface area contributed by atoms with Gasteiger partial charge in [0.1, 0.15) is 11.4 Å². The highest BCUT2D eigenvalue weighted by molar-refractivity contribution is 9.10. The first-order valence-corrected chi connectivity index (χ1v) is 11.6. The second kappa shape index (κ2) is 8.94. The van der Waals surface area contributed by atoms with E-state index in [-0.39, 0.29) is 12.0 Å². The van der Waals surface area contributed by atoms with E-state index in [0.717, 1.165) is 21.3 Å². The summed E-state index contributed by atoms with van der Waals surface area (Å²) in [6.07, 6.45) is 1.12. The van der Waals surface area contributed by atoms with Crippen molar-refractivity contribution in [1.82, 2.24) is 0 Å². The molecule has 4 rings (SSSR count). The lowest BCUT2D eigenvalue weighted by Crippen LogP contribution is -2.52. The molecule has 0 amide bonds. The van der Waals surface area contributed by atoms with Gasteiger partial charge >= 0.3 is 5.97 Å². The van der Waals surface area contributed by atoms with Gasteiger partial charge in [-0.3, -0.25) is 4.79 Å². The van der Waals surface area contributed by atoms with E-state index in [9.17, 15) is 9.90 Å². The van der Waals surface area contributed by atoms with Gasteiger partial charge < -0.3 is 24.1 Å². The maximum Gasteiger partial charge on any atom is 0.309 e. The number of benzene rings is 2. The average molecular weight is 505 g/mol. The van der Waals surface area contributed by atoms with Crippen LogP contribution in [0.5, 0.6) is 17.2 Å². The Hall–Kier alpha value is -2.25. The van der Waals surface area contributed by atoms with Crippen LogP contribution in [0.25, 0.3) is 0 Å². The van der Waals surface area contributed by atoms with Crippen LogP contribution in [0.4, 0.5) is 0 Å². The van der Waals surface area contributed by atoms with Gasteiger partial charge in [-0.15, -0.1) is 0 Å². The summed E-state index contributed by atoms with van der Waals surface area (Å²) in [7, 11) is 3.25. The summed E-state index contributed by atoms with van der Waals surface area (Å²) in [5, 5.41) is 10.0. The monoisotopic (exact) mass is 504 g/mol. The lowest BCUT2D eigenvalue weighted by atomic mass is 9.71. The second-order valence-electron chi connectivity index (χ2n) is 9.00. The quantitative estimate of drug-likeness (QED) is 0.566. The number of ether oxygens (including phenoxy) is 4. The van der Waals surface area contributed by atoms with Crippen molar-refractivity contribution in [2.45, 2.75) is 50.9 Å². The Kier molecular flexibility index (Phi) is 6.41. The Morgan fingerprint density at radius 1 is 1.22 bits per heavy atom. The van der Waals surface area contributed by atoms with Gasteiger partial charge in [-0.25, -0.2) is 0 Å². The standard InChI is InChI=1S/C25H29BrO6/c1-25(2)19-13-17(24(27)28)20(9-8-14-6-5-7-16(10-14)29-3)31-22(19)18-11-15(26)12-21(30-4)23(18)32-25/h5-7,10-12,17,19-20,22H,8-9,13H2,1-4H3,(H,27,28)/t17-,19-,20-,22+/m0/s1. The summed E-state index contributed by atoms with van der Waals surface area (Å²) in [4.78, 5) is 12.2. The minimum absolute atomic E-state index is 0.0943. The van der Waals surface area contributed by atoms with E-state index >= 15 is 0 Å². The smallest absolute Gasteiger partial charge is 0.309 e. The molecule has 1 saturated heterocycles. The molecule has 6 nitrogen and oxygen atoms in total. The zero-order valence-corrected chi connectivity index (χ0v) is 20.3. The molecule has 0 bridgehead atoms. The first-order chi connectivity index (χ1) is 15.2. The predicted octanol–water partition coefficient (Wildman–Crippen LogP) is 5.42. The zero-order chi connectivity index (χ0) is 23.0. The van der Waals surface area contributed by atoms with Gasteiger partial charge in [0, 0.05) is 16.0 Å². The zero-order valence-electron chi connectivity index (χ0n) is 18.8. The largest absolute Gasteiger partial charge is 0.497 e. The van der Waals surface area contributed by atoms with E-state index in [2.05, 4.69) is 15.9 Å². The first-order valence-electron chi connectivity index (χ1n) is 10.8. The average Bonchev–Trinajstić information content (AvgIpc) is 2.77. The van der Waals surface area contributed by atoms with Crippen molar-refractivity contribution in [1.29, 1.82) is 0 Å². The number of aliphatic carboxylic acids is 1. The molecule has 2 aromatic carbocycles. The molecule has 2 aliphatic rings. The lowest BCUT2D eigenvalue weighted by molar-refractivity contribution is -0.188. The van der Waals surface area contributed by atoms with Crippen molar-refractivity contribution >= 4 is 21.9 Å². The minimum Gasteiger partial charge on any atom is -0.497 e. The van der Waals surface area contributed by atoms with Crippen molar-refractivity contribution in [3.8, 4) is 17.2 Å². The molecular formula is C25H29BrO6. The molecule has 0 radical (unpaired) electrons. The molecule has 2 aliphatic heterocycles. The molecular weight excluding hydrogens is 476 g/mol. The summed E-state index contributed by atoms with van der Waals surface area (Å²) in [5.41, 5.74) is 1.40. The highest BCUT2D eigenvalue weighted by Crippen LogP contribution is 2.55. The Bertz CT molecular complexity index is 1000. The molecule has 0 aromatic heterocycles.